The Labute approximate surface area is 131 Å². The van der Waals surface area contributed by atoms with E-state index in [4.69, 9.17) is 4.74 Å². The Morgan fingerprint density at radius 1 is 1.09 bits per heavy atom. The summed E-state index contributed by atoms with van der Waals surface area (Å²) < 4.78 is 67.6. The minimum atomic E-state index is -3.49. The molecule has 0 atom stereocenters. The number of methoxy groups -OCH3 is 1. The molecular formula is C15H14F3NO3S. The second kappa shape index (κ2) is 6.49. The molecule has 2 aromatic rings. The van der Waals surface area contributed by atoms with E-state index in [1.807, 2.05) is 0 Å². The van der Waals surface area contributed by atoms with Gasteiger partial charge in [-0.1, -0.05) is 6.07 Å². The topological polar surface area (TPSA) is 55.4 Å². The van der Waals surface area contributed by atoms with E-state index < -0.39 is 27.3 Å². The van der Waals surface area contributed by atoms with Gasteiger partial charge in [-0.05, 0) is 17.7 Å². The van der Waals surface area contributed by atoms with E-state index in [2.05, 4.69) is 5.32 Å². The van der Waals surface area contributed by atoms with Crippen LogP contribution in [0.5, 0.6) is 5.75 Å². The van der Waals surface area contributed by atoms with Crippen LogP contribution in [0.2, 0.25) is 0 Å². The van der Waals surface area contributed by atoms with Crippen molar-refractivity contribution >= 4 is 15.5 Å². The van der Waals surface area contributed by atoms with Crippen molar-refractivity contribution in [3.05, 3.63) is 53.3 Å². The molecule has 0 spiro atoms. The molecule has 0 aliphatic carbocycles. The summed E-state index contributed by atoms with van der Waals surface area (Å²) in [6.07, 6.45) is 1.05. The van der Waals surface area contributed by atoms with Gasteiger partial charge in [-0.2, -0.15) is 0 Å². The van der Waals surface area contributed by atoms with Crippen LogP contribution in [0, 0.1) is 17.5 Å². The largest absolute Gasteiger partial charge is 0.495 e. The molecule has 2 rings (SSSR count). The van der Waals surface area contributed by atoms with Crippen LogP contribution >= 0.6 is 0 Å². The average molecular weight is 345 g/mol. The predicted molar refractivity (Wildman–Crippen MR) is 79.7 cm³/mol. The van der Waals surface area contributed by atoms with E-state index in [0.717, 1.165) is 18.4 Å². The normalized spacial score (nSPS) is 11.3. The maximum atomic E-state index is 13.1. The maximum absolute atomic E-state index is 13.1. The number of benzene rings is 2. The first-order valence-corrected chi connectivity index (χ1v) is 8.37. The van der Waals surface area contributed by atoms with Crippen molar-refractivity contribution in [2.24, 2.45) is 0 Å². The van der Waals surface area contributed by atoms with Crippen LogP contribution in [0.3, 0.4) is 0 Å². The lowest BCUT2D eigenvalue weighted by Crippen LogP contribution is -2.05. The fourth-order valence-corrected chi connectivity index (χ4v) is 2.86. The first kappa shape index (κ1) is 17.1. The first-order chi connectivity index (χ1) is 10.7. The maximum Gasteiger partial charge on any atom is 0.194 e. The van der Waals surface area contributed by atoms with Crippen molar-refractivity contribution in [1.82, 2.24) is 0 Å². The highest BCUT2D eigenvalue weighted by Gasteiger charge is 2.15. The van der Waals surface area contributed by atoms with Gasteiger partial charge in [-0.25, -0.2) is 21.6 Å². The van der Waals surface area contributed by atoms with E-state index in [9.17, 15) is 21.6 Å². The SMILES string of the molecule is COc1ccc(CNc2cc(F)c(F)c(F)c2)cc1S(C)(=O)=O. The zero-order valence-corrected chi connectivity index (χ0v) is 13.2. The van der Waals surface area contributed by atoms with Gasteiger partial charge in [0.25, 0.3) is 0 Å². The van der Waals surface area contributed by atoms with Gasteiger partial charge in [0, 0.05) is 30.6 Å². The molecule has 0 saturated carbocycles. The minimum absolute atomic E-state index is 0.00997. The quantitative estimate of drug-likeness (QED) is 0.846. The van der Waals surface area contributed by atoms with Gasteiger partial charge in [0.1, 0.15) is 10.6 Å². The monoisotopic (exact) mass is 345 g/mol. The van der Waals surface area contributed by atoms with Crippen molar-refractivity contribution in [3.63, 3.8) is 0 Å². The number of nitrogens with one attached hydrogen (secondary N) is 1. The third kappa shape index (κ3) is 3.95. The van der Waals surface area contributed by atoms with Gasteiger partial charge in [0.15, 0.2) is 27.3 Å². The predicted octanol–water partition coefficient (Wildman–Crippen LogP) is 3.13. The Bertz CT molecular complexity index is 815. The summed E-state index contributed by atoms with van der Waals surface area (Å²) in [4.78, 5) is 0.00997. The van der Waals surface area contributed by atoms with Crippen LogP contribution in [0.1, 0.15) is 5.56 Å². The first-order valence-electron chi connectivity index (χ1n) is 6.47. The van der Waals surface area contributed by atoms with Gasteiger partial charge in [0.2, 0.25) is 0 Å². The van der Waals surface area contributed by atoms with Gasteiger partial charge in [-0.15, -0.1) is 0 Å². The molecule has 0 amide bonds. The third-order valence-corrected chi connectivity index (χ3v) is 4.23. The van der Waals surface area contributed by atoms with E-state index in [0.29, 0.717) is 5.56 Å². The Morgan fingerprint density at radius 3 is 2.22 bits per heavy atom. The molecule has 4 nitrogen and oxygen atoms in total. The number of ether oxygens (including phenoxy) is 1. The van der Waals surface area contributed by atoms with E-state index in [-0.39, 0.29) is 22.9 Å². The highest BCUT2D eigenvalue weighted by Crippen LogP contribution is 2.25. The van der Waals surface area contributed by atoms with Gasteiger partial charge < -0.3 is 10.1 Å². The number of hydrogen-bond acceptors (Lipinski definition) is 4. The average Bonchev–Trinajstić information content (AvgIpc) is 2.49. The van der Waals surface area contributed by atoms with Crippen LogP contribution in [0.4, 0.5) is 18.9 Å². The van der Waals surface area contributed by atoms with Gasteiger partial charge in [-0.3, -0.25) is 0 Å². The molecule has 0 radical (unpaired) electrons. The highest BCUT2D eigenvalue weighted by atomic mass is 32.2. The van der Waals surface area contributed by atoms with Crippen molar-refractivity contribution in [3.8, 4) is 5.75 Å². The summed E-state index contributed by atoms with van der Waals surface area (Å²) in [7, 11) is -2.14. The van der Waals surface area contributed by atoms with Crippen molar-refractivity contribution < 1.29 is 26.3 Å². The second-order valence-corrected chi connectivity index (χ2v) is 6.85. The molecule has 1 N–H and O–H groups in total. The fraction of sp³-hybridized carbons (Fsp3) is 0.200. The molecule has 0 aliphatic rings. The molecule has 8 heteroatoms. The Kier molecular flexibility index (Phi) is 4.84. The second-order valence-electron chi connectivity index (χ2n) is 4.86. The summed E-state index contributed by atoms with van der Waals surface area (Å²) in [6, 6.07) is 6.13. The number of halogens is 3. The zero-order valence-electron chi connectivity index (χ0n) is 12.4. The lowest BCUT2D eigenvalue weighted by Gasteiger charge is -2.11. The third-order valence-electron chi connectivity index (χ3n) is 3.11. The summed E-state index contributed by atoms with van der Waals surface area (Å²) in [6.45, 7) is 0.0943. The molecular weight excluding hydrogens is 331 g/mol. The molecule has 23 heavy (non-hydrogen) atoms. The van der Waals surface area contributed by atoms with Crippen molar-refractivity contribution in [1.29, 1.82) is 0 Å². The van der Waals surface area contributed by atoms with E-state index in [1.165, 1.54) is 19.2 Å². The van der Waals surface area contributed by atoms with Crippen molar-refractivity contribution in [2.45, 2.75) is 11.4 Å². The number of hydrogen-bond donors (Lipinski definition) is 1. The Morgan fingerprint density at radius 2 is 1.70 bits per heavy atom. The van der Waals surface area contributed by atoms with Crippen LogP contribution < -0.4 is 10.1 Å². The molecule has 0 bridgehead atoms. The number of sulfone groups is 1. The molecule has 2 aromatic carbocycles. The lowest BCUT2D eigenvalue weighted by molar-refractivity contribution is 0.402. The summed E-state index contributed by atoms with van der Waals surface area (Å²) in [5.41, 5.74) is 0.592. The van der Waals surface area contributed by atoms with Gasteiger partial charge in [0.05, 0.1) is 7.11 Å². The van der Waals surface area contributed by atoms with Crippen molar-refractivity contribution in [2.75, 3.05) is 18.7 Å². The molecule has 0 aliphatic heterocycles. The summed E-state index contributed by atoms with van der Waals surface area (Å²) in [5.74, 6) is -3.95. The van der Waals surface area contributed by atoms with Gasteiger partial charge >= 0.3 is 0 Å². The highest BCUT2D eigenvalue weighted by molar-refractivity contribution is 7.90. The number of rotatable bonds is 5. The van der Waals surface area contributed by atoms with Crippen LogP contribution in [-0.2, 0) is 16.4 Å². The molecule has 0 unspecified atom stereocenters. The van der Waals surface area contributed by atoms with E-state index in [1.54, 1.807) is 6.07 Å². The Balaban J connectivity index is 2.25. The van der Waals surface area contributed by atoms with Crippen LogP contribution in [0.25, 0.3) is 0 Å². The summed E-state index contributed by atoms with van der Waals surface area (Å²) in [5, 5.41) is 2.70. The molecule has 0 saturated heterocycles. The van der Waals surface area contributed by atoms with E-state index >= 15 is 0 Å². The molecule has 0 heterocycles. The Hall–Kier alpha value is -2.22. The van der Waals surface area contributed by atoms with Crippen LogP contribution in [0.15, 0.2) is 35.2 Å². The fourth-order valence-electron chi connectivity index (χ4n) is 1.98. The van der Waals surface area contributed by atoms with Crippen LogP contribution in [-0.4, -0.2) is 21.8 Å². The number of anilines is 1. The molecule has 124 valence electrons. The minimum Gasteiger partial charge on any atom is -0.495 e. The standard InChI is InChI=1S/C15H14F3NO3S/c1-22-13-4-3-9(5-14(13)23(2,20)21)8-19-10-6-11(16)15(18)12(17)7-10/h3-7,19H,8H2,1-2H3. The molecule has 0 fully saturated rings. The zero-order chi connectivity index (χ0) is 17.2. The molecule has 0 aromatic heterocycles. The summed E-state index contributed by atoms with van der Waals surface area (Å²) >= 11 is 0. The lowest BCUT2D eigenvalue weighted by atomic mass is 10.2. The smallest absolute Gasteiger partial charge is 0.194 e.